The number of rotatable bonds is 6. The van der Waals surface area contributed by atoms with E-state index in [9.17, 15) is 4.79 Å². The molecule has 0 saturated carbocycles. The topological polar surface area (TPSA) is 81.5 Å². The van der Waals surface area contributed by atoms with Crippen LogP contribution in [-0.4, -0.2) is 12.0 Å². The molecule has 0 heterocycles. The van der Waals surface area contributed by atoms with Crippen LogP contribution in [0.25, 0.3) is 0 Å². The molecule has 0 radical (unpaired) electrons. The Morgan fingerprint density at radius 2 is 1.94 bits per heavy atom. The Morgan fingerprint density at radius 1 is 1.33 bits per heavy atom. The first-order chi connectivity index (χ1) is 8.47. The zero-order valence-electron chi connectivity index (χ0n) is 11.6. The van der Waals surface area contributed by atoms with Crippen LogP contribution in [0, 0.1) is 5.92 Å². The summed E-state index contributed by atoms with van der Waals surface area (Å²) in [6.45, 7) is 7.50. The van der Waals surface area contributed by atoms with Crippen molar-refractivity contribution in [3.63, 3.8) is 0 Å². The van der Waals surface area contributed by atoms with Gasteiger partial charge in [-0.25, -0.2) is 4.99 Å². The van der Waals surface area contributed by atoms with E-state index in [2.05, 4.69) is 4.99 Å². The summed E-state index contributed by atoms with van der Waals surface area (Å²) in [7, 11) is 0. The van der Waals surface area contributed by atoms with E-state index in [1.165, 1.54) is 0 Å². The van der Waals surface area contributed by atoms with Gasteiger partial charge in [0.15, 0.2) is 6.29 Å². The van der Waals surface area contributed by atoms with E-state index in [-0.39, 0.29) is 5.92 Å². The monoisotopic (exact) mass is 249 g/mol. The van der Waals surface area contributed by atoms with Crippen LogP contribution in [-0.2, 0) is 4.79 Å². The van der Waals surface area contributed by atoms with Crippen molar-refractivity contribution in [2.24, 2.45) is 22.4 Å². The molecule has 0 rings (SSSR count). The molecular weight excluding hydrogens is 226 g/mol. The summed E-state index contributed by atoms with van der Waals surface area (Å²) in [6, 6.07) is 0. The molecule has 0 aliphatic carbocycles. The van der Waals surface area contributed by atoms with Gasteiger partial charge >= 0.3 is 0 Å². The van der Waals surface area contributed by atoms with E-state index >= 15 is 0 Å². The lowest BCUT2D eigenvalue weighted by Gasteiger charge is -2.15. The van der Waals surface area contributed by atoms with Gasteiger partial charge in [-0.2, -0.15) is 0 Å². The van der Waals surface area contributed by atoms with E-state index in [1.807, 2.05) is 26.0 Å². The standard InChI is InChI=1S/C14H23N3O/c1-5-7-8-10(3)14(11(4)15)12(9-18)17-13(16)6-2/h5-7,9-10H,8,15-16H2,1-4H3/b7-5-,13-6+,14-11-,17-12+. The quantitative estimate of drug-likeness (QED) is 0.430. The maximum atomic E-state index is 11.2. The number of aliphatic imine (C=N–C) groups is 1. The van der Waals surface area contributed by atoms with Crippen LogP contribution in [0.1, 0.15) is 34.1 Å². The molecule has 0 aromatic carbocycles. The van der Waals surface area contributed by atoms with E-state index in [0.29, 0.717) is 23.5 Å². The summed E-state index contributed by atoms with van der Waals surface area (Å²) < 4.78 is 0. The van der Waals surface area contributed by atoms with Gasteiger partial charge in [0.2, 0.25) is 0 Å². The van der Waals surface area contributed by atoms with Gasteiger partial charge in [0.1, 0.15) is 11.5 Å². The van der Waals surface area contributed by atoms with E-state index < -0.39 is 0 Å². The zero-order chi connectivity index (χ0) is 14.1. The van der Waals surface area contributed by atoms with Crippen LogP contribution in [0.3, 0.4) is 0 Å². The van der Waals surface area contributed by atoms with Crippen LogP contribution in [0.2, 0.25) is 0 Å². The van der Waals surface area contributed by atoms with Crippen molar-refractivity contribution in [3.8, 4) is 0 Å². The van der Waals surface area contributed by atoms with Crippen LogP contribution in [0.15, 0.2) is 40.3 Å². The maximum absolute atomic E-state index is 11.2. The number of carbonyl (C=O) groups excluding carboxylic acids is 1. The molecule has 0 spiro atoms. The Labute approximate surface area is 109 Å². The zero-order valence-corrected chi connectivity index (χ0v) is 11.6. The smallest absolute Gasteiger partial charge is 0.168 e. The molecule has 4 heteroatoms. The van der Waals surface area contributed by atoms with Crippen LogP contribution >= 0.6 is 0 Å². The fourth-order valence-electron chi connectivity index (χ4n) is 1.65. The minimum Gasteiger partial charge on any atom is -0.402 e. The fraction of sp³-hybridized carbons (Fsp3) is 0.429. The third kappa shape index (κ3) is 4.99. The SMILES string of the molecule is C/C=C\CC(C)C(/C(C=O)=N/C(N)=C/C)=C(\C)N. The van der Waals surface area contributed by atoms with E-state index in [1.54, 1.807) is 19.9 Å². The molecule has 0 aliphatic rings. The average molecular weight is 249 g/mol. The molecule has 1 atom stereocenters. The molecule has 4 N–H and O–H groups in total. The first-order valence-corrected chi connectivity index (χ1v) is 6.01. The molecule has 0 aliphatic heterocycles. The minimum atomic E-state index is 0.125. The number of allylic oxidation sites excluding steroid dienone is 5. The first-order valence-electron chi connectivity index (χ1n) is 6.01. The van der Waals surface area contributed by atoms with Gasteiger partial charge < -0.3 is 11.5 Å². The molecule has 0 aromatic rings. The van der Waals surface area contributed by atoms with Gasteiger partial charge in [-0.05, 0) is 39.2 Å². The van der Waals surface area contributed by atoms with E-state index in [0.717, 1.165) is 12.0 Å². The highest BCUT2D eigenvalue weighted by atomic mass is 16.1. The summed E-state index contributed by atoms with van der Waals surface area (Å²) in [5.41, 5.74) is 13.1. The minimum absolute atomic E-state index is 0.125. The Balaban J connectivity index is 5.42. The highest BCUT2D eigenvalue weighted by Gasteiger charge is 2.16. The van der Waals surface area contributed by atoms with Gasteiger partial charge in [0.05, 0.1) is 0 Å². The highest BCUT2D eigenvalue weighted by Crippen LogP contribution is 2.19. The molecule has 0 fully saturated rings. The van der Waals surface area contributed by atoms with Crippen molar-refractivity contribution < 1.29 is 4.79 Å². The fourth-order valence-corrected chi connectivity index (χ4v) is 1.65. The van der Waals surface area contributed by atoms with Gasteiger partial charge in [-0.3, -0.25) is 4.79 Å². The Kier molecular flexibility index (Phi) is 7.43. The predicted octanol–water partition coefficient (Wildman–Crippen LogP) is 2.28. The van der Waals surface area contributed by atoms with Gasteiger partial charge in [0, 0.05) is 11.3 Å². The third-order valence-corrected chi connectivity index (χ3v) is 2.58. The second kappa shape index (κ2) is 8.28. The summed E-state index contributed by atoms with van der Waals surface area (Å²) in [6.07, 6.45) is 7.16. The molecular formula is C14H23N3O. The summed E-state index contributed by atoms with van der Waals surface area (Å²) in [5.74, 6) is 0.439. The molecule has 1 unspecified atom stereocenters. The second-order valence-electron chi connectivity index (χ2n) is 4.13. The van der Waals surface area contributed by atoms with Crippen molar-refractivity contribution >= 4 is 12.0 Å². The van der Waals surface area contributed by atoms with Crippen LogP contribution in [0.4, 0.5) is 0 Å². The maximum Gasteiger partial charge on any atom is 0.168 e. The summed E-state index contributed by atoms with van der Waals surface area (Å²) in [4.78, 5) is 15.2. The van der Waals surface area contributed by atoms with Crippen molar-refractivity contribution in [1.82, 2.24) is 0 Å². The predicted molar refractivity (Wildman–Crippen MR) is 76.9 cm³/mol. The molecule has 4 nitrogen and oxygen atoms in total. The summed E-state index contributed by atoms with van der Waals surface area (Å²) >= 11 is 0. The molecule has 100 valence electrons. The largest absolute Gasteiger partial charge is 0.402 e. The number of aldehydes is 1. The second-order valence-corrected chi connectivity index (χ2v) is 4.13. The van der Waals surface area contributed by atoms with Crippen molar-refractivity contribution in [2.75, 3.05) is 0 Å². The lowest BCUT2D eigenvalue weighted by molar-refractivity contribution is -0.102. The summed E-state index contributed by atoms with van der Waals surface area (Å²) in [5, 5.41) is 0. The molecule has 18 heavy (non-hydrogen) atoms. The van der Waals surface area contributed by atoms with Gasteiger partial charge in [0.25, 0.3) is 0 Å². The van der Waals surface area contributed by atoms with E-state index in [4.69, 9.17) is 11.5 Å². The van der Waals surface area contributed by atoms with Crippen LogP contribution in [0.5, 0.6) is 0 Å². The molecule has 0 aromatic heterocycles. The van der Waals surface area contributed by atoms with Gasteiger partial charge in [-0.15, -0.1) is 0 Å². The number of hydrogen-bond acceptors (Lipinski definition) is 4. The Morgan fingerprint density at radius 3 is 2.33 bits per heavy atom. The number of nitrogens with two attached hydrogens (primary N) is 2. The molecule has 0 saturated heterocycles. The Bertz CT molecular complexity index is 399. The Hall–Kier alpha value is -1.84. The molecule has 0 amide bonds. The lowest BCUT2D eigenvalue weighted by Crippen LogP contribution is -2.18. The number of hydrogen-bond donors (Lipinski definition) is 2. The van der Waals surface area contributed by atoms with Crippen LogP contribution < -0.4 is 11.5 Å². The van der Waals surface area contributed by atoms with Crippen molar-refractivity contribution in [1.29, 1.82) is 0 Å². The highest BCUT2D eigenvalue weighted by molar-refractivity contribution is 6.36. The molecule has 0 bridgehead atoms. The van der Waals surface area contributed by atoms with Crippen molar-refractivity contribution in [3.05, 3.63) is 35.3 Å². The number of carbonyl (C=O) groups is 1. The lowest BCUT2D eigenvalue weighted by atomic mass is 9.92. The normalized spacial score (nSPS) is 16.7. The van der Waals surface area contributed by atoms with Gasteiger partial charge in [-0.1, -0.05) is 19.1 Å². The first kappa shape index (κ1) is 16.2. The average Bonchev–Trinajstić information content (AvgIpc) is 2.34. The number of nitrogens with zero attached hydrogens (tertiary/aromatic N) is 1. The van der Waals surface area contributed by atoms with Crippen molar-refractivity contribution in [2.45, 2.75) is 34.1 Å². The third-order valence-electron chi connectivity index (χ3n) is 2.58.